The number of nitro groups is 1. The van der Waals surface area contributed by atoms with Crippen LogP contribution in [-0.4, -0.2) is 21.2 Å². The van der Waals surface area contributed by atoms with Gasteiger partial charge in [-0.2, -0.15) is 0 Å². The number of phenols is 1. The molecule has 1 aromatic carbocycles. The molecular weight excluding hydrogens is 186 g/mol. The third-order valence-corrected chi connectivity index (χ3v) is 1.79. The zero-order valence-corrected chi connectivity index (χ0v) is 7.67. The Morgan fingerprint density at radius 2 is 2.21 bits per heavy atom. The van der Waals surface area contributed by atoms with Crippen molar-refractivity contribution in [2.45, 2.75) is 19.4 Å². The highest BCUT2D eigenvalue weighted by molar-refractivity contribution is 5.43. The summed E-state index contributed by atoms with van der Waals surface area (Å²) in [6, 6.07) is 3.75. The first-order chi connectivity index (χ1) is 6.50. The first-order valence-electron chi connectivity index (χ1n) is 4.15. The van der Waals surface area contributed by atoms with Gasteiger partial charge in [0, 0.05) is 24.1 Å². The van der Waals surface area contributed by atoms with Gasteiger partial charge in [-0.1, -0.05) is 0 Å². The number of phenolic OH excluding ortho intramolecular Hbond substituents is 1. The molecular formula is C9H11NO4. The summed E-state index contributed by atoms with van der Waals surface area (Å²) in [5.74, 6) is -0.0310. The third-order valence-electron chi connectivity index (χ3n) is 1.79. The number of nitrogens with zero attached hydrogens (tertiary/aromatic N) is 1. The quantitative estimate of drug-likeness (QED) is 0.563. The molecule has 1 aromatic rings. The van der Waals surface area contributed by atoms with Crippen LogP contribution in [-0.2, 0) is 6.42 Å². The summed E-state index contributed by atoms with van der Waals surface area (Å²) in [6.45, 7) is 1.55. The van der Waals surface area contributed by atoms with E-state index in [1.165, 1.54) is 18.2 Å². The molecule has 76 valence electrons. The van der Waals surface area contributed by atoms with Crippen molar-refractivity contribution in [1.82, 2.24) is 0 Å². The van der Waals surface area contributed by atoms with Crippen LogP contribution in [0.25, 0.3) is 0 Å². The lowest BCUT2D eigenvalue weighted by Crippen LogP contribution is -2.04. The zero-order chi connectivity index (χ0) is 10.7. The van der Waals surface area contributed by atoms with Gasteiger partial charge in [-0.05, 0) is 13.0 Å². The van der Waals surface area contributed by atoms with E-state index in [1.54, 1.807) is 6.92 Å². The lowest BCUT2D eigenvalue weighted by Gasteiger charge is -2.06. The molecule has 0 aromatic heterocycles. The van der Waals surface area contributed by atoms with E-state index in [2.05, 4.69) is 0 Å². The molecule has 0 aliphatic rings. The van der Waals surface area contributed by atoms with Crippen LogP contribution in [0.1, 0.15) is 12.5 Å². The van der Waals surface area contributed by atoms with Crippen molar-refractivity contribution in [1.29, 1.82) is 0 Å². The van der Waals surface area contributed by atoms with Crippen LogP contribution in [0.5, 0.6) is 5.75 Å². The number of aliphatic hydroxyl groups is 1. The first kappa shape index (κ1) is 10.5. The number of aromatic hydroxyl groups is 1. The Hall–Kier alpha value is -1.62. The maximum Gasteiger partial charge on any atom is 0.269 e. The van der Waals surface area contributed by atoms with E-state index < -0.39 is 11.0 Å². The number of benzene rings is 1. The van der Waals surface area contributed by atoms with Crippen LogP contribution in [0.3, 0.4) is 0 Å². The molecule has 0 spiro atoms. The predicted octanol–water partition coefficient (Wildman–Crippen LogP) is 1.22. The summed E-state index contributed by atoms with van der Waals surface area (Å²) in [5.41, 5.74) is 0.299. The van der Waals surface area contributed by atoms with Gasteiger partial charge in [-0.15, -0.1) is 0 Å². The van der Waals surface area contributed by atoms with Crippen LogP contribution in [0, 0.1) is 10.1 Å². The topological polar surface area (TPSA) is 83.6 Å². The van der Waals surface area contributed by atoms with Gasteiger partial charge >= 0.3 is 0 Å². The molecule has 0 saturated carbocycles. The second-order valence-electron chi connectivity index (χ2n) is 3.12. The van der Waals surface area contributed by atoms with Gasteiger partial charge in [0.1, 0.15) is 5.75 Å². The van der Waals surface area contributed by atoms with E-state index in [0.29, 0.717) is 5.56 Å². The molecule has 0 amide bonds. The van der Waals surface area contributed by atoms with Crippen molar-refractivity contribution in [2.75, 3.05) is 0 Å². The van der Waals surface area contributed by atoms with Gasteiger partial charge in [0.2, 0.25) is 0 Å². The van der Waals surface area contributed by atoms with E-state index in [1.807, 2.05) is 0 Å². The largest absolute Gasteiger partial charge is 0.508 e. The number of aliphatic hydroxyl groups excluding tert-OH is 1. The maximum absolute atomic E-state index is 10.4. The van der Waals surface area contributed by atoms with E-state index in [9.17, 15) is 15.2 Å². The fourth-order valence-corrected chi connectivity index (χ4v) is 1.17. The lowest BCUT2D eigenvalue weighted by atomic mass is 10.1. The Labute approximate surface area is 80.8 Å². The molecule has 2 N–H and O–H groups in total. The minimum atomic E-state index is -0.636. The van der Waals surface area contributed by atoms with Crippen LogP contribution in [0.4, 0.5) is 5.69 Å². The summed E-state index contributed by atoms with van der Waals surface area (Å²) in [6.07, 6.45) is -0.434. The molecule has 0 bridgehead atoms. The monoisotopic (exact) mass is 197 g/mol. The Morgan fingerprint density at radius 1 is 1.57 bits per heavy atom. The van der Waals surface area contributed by atoms with Crippen LogP contribution in [0.15, 0.2) is 18.2 Å². The summed E-state index contributed by atoms with van der Waals surface area (Å²) in [5, 5.41) is 28.8. The predicted molar refractivity (Wildman–Crippen MR) is 50.1 cm³/mol. The SMILES string of the molecule is C[C@@H](O)Cc1cc([N+](=O)[O-])ccc1O. The zero-order valence-electron chi connectivity index (χ0n) is 7.67. The minimum absolute atomic E-state index is 0.0310. The minimum Gasteiger partial charge on any atom is -0.508 e. The first-order valence-corrected chi connectivity index (χ1v) is 4.15. The molecule has 1 rings (SSSR count). The molecule has 5 heteroatoms. The highest BCUT2D eigenvalue weighted by atomic mass is 16.6. The van der Waals surface area contributed by atoms with E-state index >= 15 is 0 Å². The molecule has 0 aliphatic heterocycles. The normalized spacial score (nSPS) is 12.4. The second-order valence-corrected chi connectivity index (χ2v) is 3.12. The molecule has 0 fully saturated rings. The standard InChI is InChI=1S/C9H11NO4/c1-6(11)4-7-5-8(10(13)14)2-3-9(7)12/h2-3,5-6,11-12H,4H2,1H3/t6-/m1/s1. The second kappa shape index (κ2) is 4.06. The smallest absolute Gasteiger partial charge is 0.269 e. The summed E-state index contributed by atoms with van der Waals surface area (Å²) < 4.78 is 0. The number of non-ortho nitro benzene ring substituents is 1. The van der Waals surface area contributed by atoms with E-state index in [-0.39, 0.29) is 17.9 Å². The average molecular weight is 197 g/mol. The van der Waals surface area contributed by atoms with Crippen molar-refractivity contribution in [3.8, 4) is 5.75 Å². The number of nitro benzene ring substituents is 1. The van der Waals surface area contributed by atoms with Crippen LogP contribution in [0.2, 0.25) is 0 Å². The van der Waals surface area contributed by atoms with E-state index in [4.69, 9.17) is 5.11 Å². The van der Waals surface area contributed by atoms with Crippen molar-refractivity contribution in [3.05, 3.63) is 33.9 Å². The van der Waals surface area contributed by atoms with Crippen molar-refractivity contribution >= 4 is 5.69 Å². The summed E-state index contributed by atoms with van der Waals surface area (Å²) in [7, 11) is 0. The van der Waals surface area contributed by atoms with Crippen LogP contribution >= 0.6 is 0 Å². The molecule has 0 radical (unpaired) electrons. The molecule has 5 nitrogen and oxygen atoms in total. The van der Waals surface area contributed by atoms with Gasteiger partial charge in [0.25, 0.3) is 5.69 Å². The number of rotatable bonds is 3. The van der Waals surface area contributed by atoms with Crippen molar-refractivity contribution in [3.63, 3.8) is 0 Å². The van der Waals surface area contributed by atoms with Gasteiger partial charge < -0.3 is 10.2 Å². The lowest BCUT2D eigenvalue weighted by molar-refractivity contribution is -0.384. The Balaban J connectivity index is 3.02. The Kier molecular flexibility index (Phi) is 3.03. The van der Waals surface area contributed by atoms with Gasteiger partial charge in [0.05, 0.1) is 11.0 Å². The summed E-state index contributed by atoms with van der Waals surface area (Å²) >= 11 is 0. The molecule has 0 saturated heterocycles. The van der Waals surface area contributed by atoms with Crippen molar-refractivity contribution in [2.24, 2.45) is 0 Å². The fourth-order valence-electron chi connectivity index (χ4n) is 1.17. The Bertz CT molecular complexity index is 349. The van der Waals surface area contributed by atoms with Crippen LogP contribution < -0.4 is 0 Å². The molecule has 0 aliphatic carbocycles. The molecule has 0 heterocycles. The molecule has 0 unspecified atom stereocenters. The highest BCUT2D eigenvalue weighted by Gasteiger charge is 2.11. The Morgan fingerprint density at radius 3 is 2.71 bits per heavy atom. The number of hydrogen-bond acceptors (Lipinski definition) is 4. The highest BCUT2D eigenvalue weighted by Crippen LogP contribution is 2.23. The van der Waals surface area contributed by atoms with Gasteiger partial charge in [-0.3, -0.25) is 10.1 Å². The fraction of sp³-hybridized carbons (Fsp3) is 0.333. The van der Waals surface area contributed by atoms with Gasteiger partial charge in [-0.25, -0.2) is 0 Å². The molecule has 14 heavy (non-hydrogen) atoms. The summed E-state index contributed by atoms with van der Waals surface area (Å²) in [4.78, 5) is 9.87. The maximum atomic E-state index is 10.4. The number of hydrogen-bond donors (Lipinski definition) is 2. The third kappa shape index (κ3) is 2.43. The van der Waals surface area contributed by atoms with E-state index in [0.717, 1.165) is 0 Å². The van der Waals surface area contributed by atoms with Gasteiger partial charge in [0.15, 0.2) is 0 Å². The average Bonchev–Trinajstić information content (AvgIpc) is 2.07. The molecule has 1 atom stereocenters. The van der Waals surface area contributed by atoms with Crippen molar-refractivity contribution < 1.29 is 15.1 Å².